The van der Waals surface area contributed by atoms with Gasteiger partial charge in [0.1, 0.15) is 0 Å². The van der Waals surface area contributed by atoms with Crippen LogP contribution in [0.1, 0.15) is 51.7 Å². The lowest BCUT2D eigenvalue weighted by atomic mass is 10.2. The quantitative estimate of drug-likeness (QED) is 0.476. The van der Waals surface area contributed by atoms with Crippen molar-refractivity contribution >= 4 is 46.7 Å². The zero-order valence-electron chi connectivity index (χ0n) is 20.0. The maximum Gasteiger partial charge on any atom is 0.317 e. The average molecular weight is 515 g/mol. The van der Waals surface area contributed by atoms with E-state index in [4.69, 9.17) is 34.8 Å². The number of benzene rings is 2. The number of likely N-dealkylation sites (tertiary alicyclic amines) is 1. The summed E-state index contributed by atoms with van der Waals surface area (Å²) in [6, 6.07) is 13.2. The van der Waals surface area contributed by atoms with Crippen molar-refractivity contribution in [3.8, 4) is 0 Å². The lowest BCUT2D eigenvalue weighted by Gasteiger charge is -2.21. The first-order valence-electron chi connectivity index (χ1n) is 11.1. The monoisotopic (exact) mass is 513 g/mol. The fourth-order valence-corrected chi connectivity index (χ4v) is 3.59. The van der Waals surface area contributed by atoms with E-state index in [9.17, 15) is 9.59 Å². The molecule has 1 N–H and O–H groups in total. The highest BCUT2D eigenvalue weighted by Gasteiger charge is 2.24. The molecule has 2 aromatic carbocycles. The van der Waals surface area contributed by atoms with E-state index in [2.05, 4.69) is 12.2 Å². The molecule has 8 heteroatoms. The van der Waals surface area contributed by atoms with E-state index in [-0.39, 0.29) is 11.9 Å². The zero-order valence-corrected chi connectivity index (χ0v) is 22.3. The van der Waals surface area contributed by atoms with E-state index >= 15 is 0 Å². The van der Waals surface area contributed by atoms with Crippen LogP contribution < -0.4 is 5.32 Å². The van der Waals surface area contributed by atoms with Gasteiger partial charge in [0.25, 0.3) is 0 Å². The Balaban J connectivity index is 0.000000322. The molecule has 0 saturated carbocycles. The summed E-state index contributed by atoms with van der Waals surface area (Å²) in [5.41, 5.74) is 2.03. The van der Waals surface area contributed by atoms with Gasteiger partial charge in [-0.25, -0.2) is 4.79 Å². The number of hydrogen-bond acceptors (Lipinski definition) is 2. The molecular weight excluding hydrogens is 481 g/mol. The van der Waals surface area contributed by atoms with Gasteiger partial charge in [-0.05, 0) is 55.2 Å². The van der Waals surface area contributed by atoms with Crippen molar-refractivity contribution in [2.24, 2.45) is 0 Å². The van der Waals surface area contributed by atoms with Crippen LogP contribution in [-0.2, 0) is 17.9 Å². The molecule has 3 rings (SSSR count). The number of urea groups is 1. The molecule has 0 aromatic heterocycles. The topological polar surface area (TPSA) is 52.7 Å². The minimum atomic E-state index is -0.00827. The summed E-state index contributed by atoms with van der Waals surface area (Å²) in [5, 5.41) is 4.66. The van der Waals surface area contributed by atoms with Crippen LogP contribution in [0.5, 0.6) is 0 Å². The molecule has 182 valence electrons. The summed E-state index contributed by atoms with van der Waals surface area (Å²) in [5.74, 6) is 0.0648. The van der Waals surface area contributed by atoms with Gasteiger partial charge in [-0.3, -0.25) is 4.79 Å². The number of amides is 3. The Labute approximate surface area is 213 Å². The van der Waals surface area contributed by atoms with E-state index in [1.165, 1.54) is 0 Å². The first-order chi connectivity index (χ1) is 15.7. The minimum absolute atomic E-state index is 0.00827. The molecule has 1 atom stereocenters. The minimum Gasteiger partial charge on any atom is -0.342 e. The molecular formula is C25H34Cl3N3O2. The van der Waals surface area contributed by atoms with Gasteiger partial charge in [0.05, 0.1) is 10.0 Å². The van der Waals surface area contributed by atoms with Gasteiger partial charge in [0.2, 0.25) is 5.91 Å². The molecule has 2 aromatic rings. The SMILES string of the molecule is CC.CC(=O)N(C)Cc1ccc(Cl)cc1.CC1CCCN1C(=O)NCc1ccc(Cl)c(Cl)c1. The number of carbonyl (C=O) groups excluding carboxylic acids is 2. The molecule has 1 heterocycles. The normalized spacial score (nSPS) is 14.4. The maximum atomic E-state index is 11.9. The number of rotatable bonds is 4. The molecule has 5 nitrogen and oxygen atoms in total. The first kappa shape index (κ1) is 29.1. The predicted octanol–water partition coefficient (Wildman–Crippen LogP) is 7.03. The van der Waals surface area contributed by atoms with Gasteiger partial charge in [-0.15, -0.1) is 0 Å². The number of hydrogen-bond donors (Lipinski definition) is 1. The van der Waals surface area contributed by atoms with Crippen molar-refractivity contribution in [1.29, 1.82) is 0 Å². The van der Waals surface area contributed by atoms with Gasteiger partial charge >= 0.3 is 6.03 Å². The number of halogens is 3. The van der Waals surface area contributed by atoms with E-state index in [1.54, 1.807) is 31.0 Å². The maximum absolute atomic E-state index is 11.9. The molecule has 1 aliphatic heterocycles. The molecule has 0 radical (unpaired) electrons. The average Bonchev–Trinajstić information content (AvgIpc) is 3.23. The third-order valence-corrected chi connectivity index (χ3v) is 6.10. The Bertz CT molecular complexity index is 891. The number of nitrogens with zero attached hydrogens (tertiary/aromatic N) is 2. The summed E-state index contributed by atoms with van der Waals surface area (Å²) >= 11 is 17.5. The highest BCUT2D eigenvalue weighted by Crippen LogP contribution is 2.22. The zero-order chi connectivity index (χ0) is 25.0. The Hall–Kier alpha value is -1.95. The van der Waals surface area contributed by atoms with E-state index < -0.39 is 0 Å². The van der Waals surface area contributed by atoms with Gasteiger partial charge in [-0.1, -0.05) is 66.8 Å². The molecule has 1 unspecified atom stereocenters. The Morgan fingerprint density at radius 2 is 1.64 bits per heavy atom. The van der Waals surface area contributed by atoms with E-state index in [0.29, 0.717) is 34.2 Å². The van der Waals surface area contributed by atoms with Crippen LogP contribution in [0.15, 0.2) is 42.5 Å². The van der Waals surface area contributed by atoms with Crippen molar-refractivity contribution in [1.82, 2.24) is 15.1 Å². The van der Waals surface area contributed by atoms with Gasteiger partial charge in [-0.2, -0.15) is 0 Å². The predicted molar refractivity (Wildman–Crippen MR) is 139 cm³/mol. The van der Waals surface area contributed by atoms with Crippen LogP contribution >= 0.6 is 34.8 Å². The summed E-state index contributed by atoms with van der Waals surface area (Å²) in [6.45, 7) is 9.57. The second-order valence-corrected chi connectivity index (χ2v) is 8.84. The molecule has 0 aliphatic carbocycles. The van der Waals surface area contributed by atoms with Gasteiger partial charge in [0, 0.05) is 44.7 Å². The summed E-state index contributed by atoms with van der Waals surface area (Å²) in [7, 11) is 1.77. The van der Waals surface area contributed by atoms with Crippen LogP contribution in [0.3, 0.4) is 0 Å². The van der Waals surface area contributed by atoms with Crippen molar-refractivity contribution in [3.63, 3.8) is 0 Å². The lowest BCUT2D eigenvalue weighted by molar-refractivity contribution is -0.128. The van der Waals surface area contributed by atoms with Crippen molar-refractivity contribution in [2.45, 2.75) is 59.7 Å². The van der Waals surface area contributed by atoms with Crippen molar-refractivity contribution in [3.05, 3.63) is 68.7 Å². The lowest BCUT2D eigenvalue weighted by Crippen LogP contribution is -2.41. The Morgan fingerprint density at radius 3 is 2.15 bits per heavy atom. The van der Waals surface area contributed by atoms with Crippen LogP contribution in [-0.4, -0.2) is 41.4 Å². The molecule has 3 amide bonds. The molecule has 0 bridgehead atoms. The summed E-state index contributed by atoms with van der Waals surface area (Å²) in [6.07, 6.45) is 2.17. The third-order valence-electron chi connectivity index (χ3n) is 5.11. The second kappa shape index (κ2) is 15.0. The fourth-order valence-electron chi connectivity index (χ4n) is 3.14. The van der Waals surface area contributed by atoms with Crippen LogP contribution in [0.25, 0.3) is 0 Å². The van der Waals surface area contributed by atoms with E-state index in [0.717, 1.165) is 30.5 Å². The van der Waals surface area contributed by atoms with E-state index in [1.807, 2.05) is 49.1 Å². The van der Waals surface area contributed by atoms with Crippen molar-refractivity contribution < 1.29 is 9.59 Å². The molecule has 1 saturated heterocycles. The van der Waals surface area contributed by atoms with Crippen molar-refractivity contribution in [2.75, 3.05) is 13.6 Å². The second-order valence-electron chi connectivity index (χ2n) is 7.59. The van der Waals surface area contributed by atoms with Gasteiger partial charge < -0.3 is 15.1 Å². The molecule has 33 heavy (non-hydrogen) atoms. The largest absolute Gasteiger partial charge is 0.342 e. The summed E-state index contributed by atoms with van der Waals surface area (Å²) < 4.78 is 0. The summed E-state index contributed by atoms with van der Waals surface area (Å²) in [4.78, 5) is 26.4. The highest BCUT2D eigenvalue weighted by molar-refractivity contribution is 6.42. The third kappa shape index (κ3) is 10.2. The number of carbonyl (C=O) groups is 2. The molecule has 0 spiro atoms. The Morgan fingerprint density at radius 1 is 1.03 bits per heavy atom. The van der Waals surface area contributed by atoms with Crippen LogP contribution in [0, 0.1) is 0 Å². The smallest absolute Gasteiger partial charge is 0.317 e. The Kier molecular flexibility index (Phi) is 13.3. The first-order valence-corrected chi connectivity index (χ1v) is 12.2. The highest BCUT2D eigenvalue weighted by atomic mass is 35.5. The standard InChI is InChI=1S/C13H16Cl2N2O.C10H12ClNO.C2H6/c1-9-3-2-6-17(9)13(18)16-8-10-4-5-11(14)12(15)7-10;1-8(13)12(2)7-9-3-5-10(11)6-4-9;1-2/h4-5,7,9H,2-3,6,8H2,1H3,(H,16,18);3-6H,7H2,1-2H3;1-2H3. The number of nitrogens with one attached hydrogen (secondary N) is 1. The van der Waals surface area contributed by atoms with Crippen LogP contribution in [0.2, 0.25) is 15.1 Å². The molecule has 1 aliphatic rings. The van der Waals surface area contributed by atoms with Gasteiger partial charge in [0.15, 0.2) is 0 Å². The fraction of sp³-hybridized carbons (Fsp3) is 0.440. The van der Waals surface area contributed by atoms with Crippen LogP contribution in [0.4, 0.5) is 4.79 Å². The molecule has 1 fully saturated rings.